The number of thiazole rings is 1. The summed E-state index contributed by atoms with van der Waals surface area (Å²) in [5.41, 5.74) is 2.42. The van der Waals surface area contributed by atoms with Crippen LogP contribution in [0.4, 0.5) is 16.5 Å². The van der Waals surface area contributed by atoms with Gasteiger partial charge < -0.3 is 24.6 Å². The van der Waals surface area contributed by atoms with Crippen LogP contribution in [0.2, 0.25) is 0 Å². The van der Waals surface area contributed by atoms with E-state index in [0.29, 0.717) is 11.7 Å². The summed E-state index contributed by atoms with van der Waals surface area (Å²) in [6.07, 6.45) is 2.27. The molecule has 3 fully saturated rings. The van der Waals surface area contributed by atoms with E-state index in [9.17, 15) is 4.79 Å². The van der Waals surface area contributed by atoms with Crippen LogP contribution in [0.1, 0.15) is 23.3 Å². The Balaban J connectivity index is 1.14. The molecule has 1 aromatic carbocycles. The number of carbonyl (C=O) groups is 1. The van der Waals surface area contributed by atoms with Crippen molar-refractivity contribution >= 4 is 33.8 Å². The molecule has 3 aliphatic heterocycles. The maximum atomic E-state index is 12.7. The van der Waals surface area contributed by atoms with Gasteiger partial charge in [0, 0.05) is 62.1 Å². The fourth-order valence-electron chi connectivity index (χ4n) is 4.65. The van der Waals surface area contributed by atoms with Crippen molar-refractivity contribution in [3.05, 3.63) is 35.3 Å². The molecule has 0 aliphatic carbocycles. The molecule has 0 atom stereocenters. The number of nitrogens with one attached hydrogen (secondary N) is 1. The molecule has 1 amide bonds. The lowest BCUT2D eigenvalue weighted by atomic mass is 10.0. The Bertz CT molecular complexity index is 885. The number of nitrogens with zero attached hydrogens (tertiary/aromatic N) is 4. The molecule has 172 valence electrons. The number of morpholine rings is 2. The van der Waals surface area contributed by atoms with Gasteiger partial charge in [0.2, 0.25) is 0 Å². The Morgan fingerprint density at radius 1 is 0.906 bits per heavy atom. The fourth-order valence-corrected chi connectivity index (χ4v) is 5.51. The number of hydrogen-bond acceptors (Lipinski definition) is 8. The average Bonchev–Trinajstić information content (AvgIpc) is 3.36. The van der Waals surface area contributed by atoms with Crippen molar-refractivity contribution in [1.82, 2.24) is 9.88 Å². The quantitative estimate of drug-likeness (QED) is 0.740. The molecule has 5 rings (SSSR count). The second-order valence-corrected chi connectivity index (χ2v) is 9.32. The number of carbonyl (C=O) groups excluding carboxylic acids is 1. The van der Waals surface area contributed by atoms with Gasteiger partial charge in [-0.25, -0.2) is 4.98 Å². The van der Waals surface area contributed by atoms with Gasteiger partial charge in [-0.15, -0.1) is 11.3 Å². The van der Waals surface area contributed by atoms with Crippen molar-refractivity contribution in [2.75, 3.05) is 80.8 Å². The lowest BCUT2D eigenvalue weighted by molar-refractivity contribution is 0.0115. The van der Waals surface area contributed by atoms with E-state index in [0.717, 1.165) is 95.0 Å². The predicted molar refractivity (Wildman–Crippen MR) is 127 cm³/mol. The highest BCUT2D eigenvalue weighted by atomic mass is 32.1. The minimum absolute atomic E-state index is 0.158. The molecule has 0 unspecified atom stereocenters. The van der Waals surface area contributed by atoms with Crippen molar-refractivity contribution < 1.29 is 14.3 Å². The second kappa shape index (κ2) is 10.2. The van der Waals surface area contributed by atoms with Crippen LogP contribution in [0.5, 0.6) is 0 Å². The Hall–Kier alpha value is -2.20. The van der Waals surface area contributed by atoms with Crippen LogP contribution in [0.15, 0.2) is 29.6 Å². The molecule has 0 radical (unpaired) electrons. The number of aromatic nitrogens is 1. The molecule has 9 heteroatoms. The highest BCUT2D eigenvalue weighted by Gasteiger charge is 2.27. The zero-order valence-electron chi connectivity index (χ0n) is 18.4. The monoisotopic (exact) mass is 457 g/mol. The maximum absolute atomic E-state index is 12.7. The SMILES string of the molecule is O=C(Nc1ccc(N2CCOCC2)cc1)c1csc(N2CCC(N3CCOCC3)CC2)n1. The molecule has 4 heterocycles. The number of rotatable bonds is 5. The smallest absolute Gasteiger partial charge is 0.275 e. The van der Waals surface area contributed by atoms with Gasteiger partial charge in [-0.05, 0) is 37.1 Å². The third kappa shape index (κ3) is 5.06. The van der Waals surface area contributed by atoms with Crippen LogP contribution in [-0.4, -0.2) is 87.5 Å². The summed E-state index contributed by atoms with van der Waals surface area (Å²) in [6.45, 7) is 9.07. The molecule has 1 aromatic heterocycles. The van der Waals surface area contributed by atoms with Crippen molar-refractivity contribution in [1.29, 1.82) is 0 Å². The van der Waals surface area contributed by atoms with Gasteiger partial charge in [-0.1, -0.05) is 0 Å². The second-order valence-electron chi connectivity index (χ2n) is 8.48. The molecule has 3 aliphatic rings. The number of hydrogen-bond donors (Lipinski definition) is 1. The molecule has 32 heavy (non-hydrogen) atoms. The number of amides is 1. The van der Waals surface area contributed by atoms with Crippen LogP contribution in [0, 0.1) is 0 Å². The topological polar surface area (TPSA) is 70.2 Å². The Kier molecular flexibility index (Phi) is 6.87. The van der Waals surface area contributed by atoms with E-state index in [-0.39, 0.29) is 5.91 Å². The lowest BCUT2D eigenvalue weighted by Gasteiger charge is -2.40. The van der Waals surface area contributed by atoms with Crippen LogP contribution in [-0.2, 0) is 9.47 Å². The zero-order valence-corrected chi connectivity index (χ0v) is 19.2. The molecule has 3 saturated heterocycles. The molecule has 2 aromatic rings. The number of benzene rings is 1. The molecule has 0 saturated carbocycles. The highest BCUT2D eigenvalue weighted by Crippen LogP contribution is 2.27. The van der Waals surface area contributed by atoms with Crippen LogP contribution in [0.25, 0.3) is 0 Å². The van der Waals surface area contributed by atoms with E-state index in [1.807, 2.05) is 29.6 Å². The van der Waals surface area contributed by atoms with Gasteiger partial charge >= 0.3 is 0 Å². The Morgan fingerprint density at radius 3 is 2.25 bits per heavy atom. The molecule has 8 nitrogen and oxygen atoms in total. The van der Waals surface area contributed by atoms with E-state index in [2.05, 4.69) is 25.0 Å². The fraction of sp³-hybridized carbons (Fsp3) is 0.565. The molecular formula is C23H31N5O3S. The van der Waals surface area contributed by atoms with Crippen molar-refractivity contribution in [3.63, 3.8) is 0 Å². The normalized spacial score (nSPS) is 21.0. The first-order chi connectivity index (χ1) is 15.8. The molecule has 0 spiro atoms. The van der Waals surface area contributed by atoms with Gasteiger partial charge in [0.05, 0.1) is 26.4 Å². The van der Waals surface area contributed by atoms with Gasteiger partial charge in [-0.3, -0.25) is 9.69 Å². The van der Waals surface area contributed by atoms with Crippen LogP contribution < -0.4 is 15.1 Å². The summed E-state index contributed by atoms with van der Waals surface area (Å²) in [7, 11) is 0. The number of anilines is 3. The van der Waals surface area contributed by atoms with Gasteiger partial charge in [0.1, 0.15) is 5.69 Å². The van der Waals surface area contributed by atoms with Gasteiger partial charge in [-0.2, -0.15) is 0 Å². The third-order valence-electron chi connectivity index (χ3n) is 6.52. The molecule has 1 N–H and O–H groups in total. The van der Waals surface area contributed by atoms with Crippen molar-refractivity contribution in [3.8, 4) is 0 Å². The third-order valence-corrected chi connectivity index (χ3v) is 7.42. The first kappa shape index (κ1) is 21.6. The maximum Gasteiger partial charge on any atom is 0.275 e. The first-order valence-electron chi connectivity index (χ1n) is 11.5. The predicted octanol–water partition coefficient (Wildman–Crippen LogP) is 2.53. The van der Waals surface area contributed by atoms with E-state index in [1.54, 1.807) is 11.3 Å². The largest absolute Gasteiger partial charge is 0.379 e. The standard InChI is InChI=1S/C23H31N5O3S/c29-22(24-18-1-3-19(4-2-18)26-9-13-30-14-10-26)21-17-32-23(25-21)28-7-5-20(6-8-28)27-11-15-31-16-12-27/h1-4,17,20H,5-16H2,(H,24,29). The zero-order chi connectivity index (χ0) is 21.8. The molecular weight excluding hydrogens is 426 g/mol. The summed E-state index contributed by atoms with van der Waals surface area (Å²) in [6, 6.07) is 8.63. The summed E-state index contributed by atoms with van der Waals surface area (Å²) in [5.74, 6) is -0.158. The van der Waals surface area contributed by atoms with Gasteiger partial charge in [0.25, 0.3) is 5.91 Å². The minimum Gasteiger partial charge on any atom is -0.379 e. The Labute approximate surface area is 193 Å². The van der Waals surface area contributed by atoms with Crippen LogP contribution in [0.3, 0.4) is 0 Å². The minimum atomic E-state index is -0.158. The highest BCUT2D eigenvalue weighted by molar-refractivity contribution is 7.14. The number of ether oxygens (including phenoxy) is 2. The summed E-state index contributed by atoms with van der Waals surface area (Å²) >= 11 is 1.55. The van der Waals surface area contributed by atoms with E-state index >= 15 is 0 Å². The van der Waals surface area contributed by atoms with Gasteiger partial charge in [0.15, 0.2) is 5.13 Å². The molecule has 0 bridgehead atoms. The average molecular weight is 458 g/mol. The lowest BCUT2D eigenvalue weighted by Crippen LogP contribution is -2.49. The van der Waals surface area contributed by atoms with Crippen LogP contribution >= 0.6 is 11.3 Å². The summed E-state index contributed by atoms with van der Waals surface area (Å²) in [5, 5.41) is 5.78. The summed E-state index contributed by atoms with van der Waals surface area (Å²) in [4.78, 5) is 24.5. The summed E-state index contributed by atoms with van der Waals surface area (Å²) < 4.78 is 10.9. The van der Waals surface area contributed by atoms with Crippen molar-refractivity contribution in [2.24, 2.45) is 0 Å². The van der Waals surface area contributed by atoms with E-state index < -0.39 is 0 Å². The Morgan fingerprint density at radius 2 is 1.56 bits per heavy atom. The van der Waals surface area contributed by atoms with E-state index in [4.69, 9.17) is 9.47 Å². The van der Waals surface area contributed by atoms with E-state index in [1.165, 1.54) is 0 Å². The number of piperidine rings is 1. The van der Waals surface area contributed by atoms with Crippen molar-refractivity contribution in [2.45, 2.75) is 18.9 Å². The first-order valence-corrected chi connectivity index (χ1v) is 12.4.